The lowest BCUT2D eigenvalue weighted by molar-refractivity contribution is -0.149. The molecule has 0 aliphatic heterocycles. The number of carbonyl (C=O) groups excluding carboxylic acids is 2. The zero-order valence-corrected chi connectivity index (χ0v) is 14.5. The summed E-state index contributed by atoms with van der Waals surface area (Å²) in [6.07, 6.45) is -0.479. The number of ether oxygens (including phenoxy) is 1. The van der Waals surface area contributed by atoms with Gasteiger partial charge in [-0.2, -0.15) is 4.98 Å². The lowest BCUT2D eigenvalue weighted by Gasteiger charge is -2.11. The summed E-state index contributed by atoms with van der Waals surface area (Å²) in [4.78, 5) is 28.6. The fraction of sp³-hybridized carbons (Fsp3) is 0.500. The predicted molar refractivity (Wildman–Crippen MR) is 85.4 cm³/mol. The second kappa shape index (κ2) is 7.04. The van der Waals surface area contributed by atoms with Crippen LogP contribution >= 0.6 is 11.3 Å². The second-order valence-corrected chi connectivity index (χ2v) is 7.19. The maximum Gasteiger partial charge on any atom is 0.307 e. The third kappa shape index (κ3) is 4.72. The highest BCUT2D eigenvalue weighted by Crippen LogP contribution is 2.22. The Morgan fingerprint density at radius 2 is 2.09 bits per heavy atom. The number of aromatic nitrogens is 2. The minimum atomic E-state index is -0.636. The van der Waals surface area contributed by atoms with Gasteiger partial charge in [0.25, 0.3) is 5.89 Å². The van der Waals surface area contributed by atoms with Gasteiger partial charge in [0.05, 0.1) is 11.3 Å². The van der Waals surface area contributed by atoms with Crippen molar-refractivity contribution < 1.29 is 18.8 Å². The Morgan fingerprint density at radius 1 is 1.35 bits per heavy atom. The summed E-state index contributed by atoms with van der Waals surface area (Å²) >= 11 is 1.36. The first kappa shape index (κ1) is 17.3. The molecule has 2 heterocycles. The summed E-state index contributed by atoms with van der Waals surface area (Å²) in [5, 5.41) is 5.72. The number of hydrogen-bond donors (Lipinski definition) is 0. The van der Waals surface area contributed by atoms with Crippen molar-refractivity contribution >= 4 is 23.1 Å². The molecule has 0 spiro atoms. The summed E-state index contributed by atoms with van der Waals surface area (Å²) in [6.45, 7) is 7.57. The van der Waals surface area contributed by atoms with Crippen molar-refractivity contribution in [2.24, 2.45) is 0 Å². The van der Waals surface area contributed by atoms with Gasteiger partial charge in [-0.3, -0.25) is 9.59 Å². The largest absolute Gasteiger partial charge is 0.453 e. The van der Waals surface area contributed by atoms with Crippen LogP contribution in [0.3, 0.4) is 0 Å². The molecule has 0 aliphatic carbocycles. The van der Waals surface area contributed by atoms with Crippen LogP contribution in [0.15, 0.2) is 22.0 Å². The Hall–Kier alpha value is -2.02. The van der Waals surface area contributed by atoms with Gasteiger partial charge in [0.15, 0.2) is 17.7 Å². The zero-order chi connectivity index (χ0) is 17.0. The Balaban J connectivity index is 1.85. The van der Waals surface area contributed by atoms with Gasteiger partial charge in [-0.05, 0) is 18.4 Å². The molecular formula is C16H20N2O4S. The van der Waals surface area contributed by atoms with Crippen LogP contribution in [0.1, 0.15) is 68.0 Å². The van der Waals surface area contributed by atoms with E-state index >= 15 is 0 Å². The molecule has 0 radical (unpaired) electrons. The van der Waals surface area contributed by atoms with Crippen LogP contribution in [0.4, 0.5) is 0 Å². The first-order valence-electron chi connectivity index (χ1n) is 7.37. The van der Waals surface area contributed by atoms with E-state index in [-0.39, 0.29) is 29.9 Å². The summed E-state index contributed by atoms with van der Waals surface area (Å²) in [6, 6.07) is 3.55. The average Bonchev–Trinajstić information content (AvgIpc) is 3.14. The minimum Gasteiger partial charge on any atom is -0.453 e. The van der Waals surface area contributed by atoms with Crippen molar-refractivity contribution in [2.45, 2.75) is 52.1 Å². The monoisotopic (exact) mass is 336 g/mol. The molecule has 2 rings (SSSR count). The smallest absolute Gasteiger partial charge is 0.307 e. The molecule has 23 heavy (non-hydrogen) atoms. The molecule has 0 saturated heterocycles. The second-order valence-electron chi connectivity index (χ2n) is 6.24. The van der Waals surface area contributed by atoms with E-state index in [9.17, 15) is 9.59 Å². The highest BCUT2D eigenvalue weighted by atomic mass is 32.1. The first-order chi connectivity index (χ1) is 10.8. The van der Waals surface area contributed by atoms with Crippen LogP contribution in [0.5, 0.6) is 0 Å². The molecule has 7 heteroatoms. The van der Waals surface area contributed by atoms with Gasteiger partial charge in [-0.25, -0.2) is 0 Å². The molecule has 6 nitrogen and oxygen atoms in total. The number of thiophene rings is 1. The number of esters is 1. The molecule has 0 bridgehead atoms. The van der Waals surface area contributed by atoms with Crippen LogP contribution < -0.4 is 0 Å². The third-order valence-electron chi connectivity index (χ3n) is 3.12. The lowest BCUT2D eigenvalue weighted by atomic mass is 9.96. The fourth-order valence-corrected chi connectivity index (χ4v) is 2.48. The van der Waals surface area contributed by atoms with Crippen molar-refractivity contribution in [1.29, 1.82) is 0 Å². The SMILES string of the molecule is CC(OC(=O)CCC(=O)c1cccs1)c1nc(C(C)(C)C)no1. The molecule has 0 saturated carbocycles. The van der Waals surface area contributed by atoms with E-state index in [1.54, 1.807) is 19.1 Å². The molecular weight excluding hydrogens is 316 g/mol. The van der Waals surface area contributed by atoms with Gasteiger partial charge in [-0.1, -0.05) is 32.0 Å². The van der Waals surface area contributed by atoms with Crippen molar-refractivity contribution in [2.75, 3.05) is 0 Å². The highest BCUT2D eigenvalue weighted by molar-refractivity contribution is 7.12. The molecule has 2 aromatic rings. The van der Waals surface area contributed by atoms with E-state index in [1.165, 1.54) is 11.3 Å². The molecule has 1 atom stereocenters. The standard InChI is InChI=1S/C16H20N2O4S/c1-10(14-17-15(18-22-14)16(2,3)4)21-13(20)8-7-11(19)12-6-5-9-23-12/h5-6,9-10H,7-8H2,1-4H3. The molecule has 0 N–H and O–H groups in total. The van der Waals surface area contributed by atoms with E-state index in [1.807, 2.05) is 26.2 Å². The highest BCUT2D eigenvalue weighted by Gasteiger charge is 2.24. The van der Waals surface area contributed by atoms with Gasteiger partial charge < -0.3 is 9.26 Å². The quantitative estimate of drug-likeness (QED) is 0.591. The van der Waals surface area contributed by atoms with Crippen LogP contribution in [0, 0.1) is 0 Å². The molecule has 0 amide bonds. The summed E-state index contributed by atoms with van der Waals surface area (Å²) in [5.41, 5.74) is -0.237. The van der Waals surface area contributed by atoms with Gasteiger partial charge in [-0.15, -0.1) is 11.3 Å². The normalized spacial score (nSPS) is 12.9. The van der Waals surface area contributed by atoms with Gasteiger partial charge in [0.2, 0.25) is 0 Å². The summed E-state index contributed by atoms with van der Waals surface area (Å²) in [5.74, 6) is 0.298. The Kier molecular flexibility index (Phi) is 5.30. The molecule has 0 fully saturated rings. The number of carbonyl (C=O) groups is 2. The number of rotatable bonds is 6. The third-order valence-corrected chi connectivity index (χ3v) is 4.03. The van der Waals surface area contributed by atoms with Crippen LogP contribution in [-0.4, -0.2) is 21.9 Å². The van der Waals surface area contributed by atoms with Crippen molar-refractivity contribution in [3.63, 3.8) is 0 Å². The van der Waals surface area contributed by atoms with Gasteiger partial charge in [0.1, 0.15) is 0 Å². The Bertz CT molecular complexity index is 671. The summed E-state index contributed by atoms with van der Waals surface area (Å²) < 4.78 is 10.4. The molecule has 1 unspecified atom stereocenters. The lowest BCUT2D eigenvalue weighted by Crippen LogP contribution is -2.14. The molecule has 0 aromatic carbocycles. The van der Waals surface area contributed by atoms with E-state index in [4.69, 9.17) is 9.26 Å². The average molecular weight is 336 g/mol. The molecule has 0 aliphatic rings. The van der Waals surface area contributed by atoms with E-state index < -0.39 is 12.1 Å². The van der Waals surface area contributed by atoms with Crippen LogP contribution in [0.25, 0.3) is 0 Å². The number of ketones is 1. The van der Waals surface area contributed by atoms with E-state index in [0.29, 0.717) is 10.7 Å². The zero-order valence-electron chi connectivity index (χ0n) is 13.7. The van der Waals surface area contributed by atoms with E-state index in [0.717, 1.165) is 0 Å². The Morgan fingerprint density at radius 3 is 2.65 bits per heavy atom. The molecule has 124 valence electrons. The van der Waals surface area contributed by atoms with Crippen molar-refractivity contribution in [1.82, 2.24) is 10.1 Å². The van der Waals surface area contributed by atoms with Crippen LogP contribution in [-0.2, 0) is 14.9 Å². The maximum absolute atomic E-state index is 11.8. The number of hydrogen-bond acceptors (Lipinski definition) is 7. The van der Waals surface area contributed by atoms with Crippen LogP contribution in [0.2, 0.25) is 0 Å². The summed E-state index contributed by atoms with van der Waals surface area (Å²) in [7, 11) is 0. The first-order valence-corrected chi connectivity index (χ1v) is 8.25. The number of nitrogens with zero attached hydrogens (tertiary/aromatic N) is 2. The minimum absolute atomic E-state index is 0.0291. The maximum atomic E-state index is 11.8. The number of Topliss-reactive ketones (excluding diaryl/α,β-unsaturated/α-hetero) is 1. The van der Waals surface area contributed by atoms with Gasteiger partial charge in [0, 0.05) is 11.8 Å². The van der Waals surface area contributed by atoms with Crippen molar-refractivity contribution in [3.8, 4) is 0 Å². The molecule has 2 aromatic heterocycles. The fourth-order valence-electron chi connectivity index (χ4n) is 1.79. The topological polar surface area (TPSA) is 82.3 Å². The van der Waals surface area contributed by atoms with Gasteiger partial charge >= 0.3 is 5.97 Å². The Labute approximate surface area is 138 Å². The predicted octanol–water partition coefficient (Wildman–Crippen LogP) is 3.70. The van der Waals surface area contributed by atoms with E-state index in [2.05, 4.69) is 10.1 Å². The van der Waals surface area contributed by atoms with Crippen molar-refractivity contribution in [3.05, 3.63) is 34.1 Å².